The van der Waals surface area contributed by atoms with Crippen LogP contribution in [0, 0.1) is 13.8 Å². The third kappa shape index (κ3) is 3.58. The molecule has 1 aliphatic rings. The van der Waals surface area contributed by atoms with Crippen molar-refractivity contribution in [2.75, 3.05) is 19.7 Å². The summed E-state index contributed by atoms with van der Waals surface area (Å²) < 4.78 is 5.96. The zero-order valence-electron chi connectivity index (χ0n) is 12.4. The van der Waals surface area contributed by atoms with Crippen molar-refractivity contribution in [2.45, 2.75) is 39.3 Å². The van der Waals surface area contributed by atoms with Crippen molar-refractivity contribution >= 4 is 5.97 Å². The van der Waals surface area contributed by atoms with Crippen LogP contribution in [0.15, 0.2) is 18.2 Å². The number of carboxylic acid groups (broad SMARTS) is 1. The van der Waals surface area contributed by atoms with E-state index < -0.39 is 5.97 Å². The molecule has 2 rings (SSSR count). The number of morpholine rings is 1. The molecule has 0 radical (unpaired) electrons. The maximum atomic E-state index is 10.7. The van der Waals surface area contributed by atoms with Crippen molar-refractivity contribution in [1.29, 1.82) is 0 Å². The molecule has 0 unspecified atom stereocenters. The number of rotatable bonds is 4. The van der Waals surface area contributed by atoms with Gasteiger partial charge in [0.1, 0.15) is 0 Å². The van der Waals surface area contributed by atoms with Crippen LogP contribution in [-0.4, -0.2) is 41.7 Å². The number of nitrogens with zero attached hydrogens (tertiary/aromatic N) is 1. The first-order valence-electron chi connectivity index (χ1n) is 7.12. The lowest BCUT2D eigenvalue weighted by atomic mass is 9.99. The molecule has 2 atom stereocenters. The molecule has 0 saturated carbocycles. The fraction of sp³-hybridized carbons (Fsp3) is 0.562. The van der Waals surface area contributed by atoms with Crippen molar-refractivity contribution < 1.29 is 14.6 Å². The fourth-order valence-electron chi connectivity index (χ4n) is 2.65. The summed E-state index contributed by atoms with van der Waals surface area (Å²) in [7, 11) is 0. The Bertz CT molecular complexity index is 487. The number of benzene rings is 1. The predicted octanol–water partition coefficient (Wildman–Crippen LogP) is 2.54. The van der Waals surface area contributed by atoms with Crippen molar-refractivity contribution in [2.24, 2.45) is 0 Å². The molecule has 0 bridgehead atoms. The molecule has 1 fully saturated rings. The summed E-state index contributed by atoms with van der Waals surface area (Å²) in [5.74, 6) is -0.744. The Morgan fingerprint density at radius 2 is 2.20 bits per heavy atom. The second-order valence-corrected chi connectivity index (χ2v) is 5.67. The topological polar surface area (TPSA) is 49.8 Å². The summed E-state index contributed by atoms with van der Waals surface area (Å²) in [6, 6.07) is 6.67. The molecule has 1 aromatic carbocycles. The Balaban J connectivity index is 2.09. The highest BCUT2D eigenvalue weighted by atomic mass is 16.5. The lowest BCUT2D eigenvalue weighted by Gasteiger charge is -2.38. The first kappa shape index (κ1) is 15.0. The Morgan fingerprint density at radius 3 is 2.90 bits per heavy atom. The SMILES string of the molecule is Cc1ccc(C)c([C@@H]2CN(CCC(=O)O)[C@H](C)CO2)c1. The van der Waals surface area contributed by atoms with E-state index in [1.165, 1.54) is 16.7 Å². The second kappa shape index (κ2) is 6.37. The molecule has 0 aliphatic carbocycles. The molecule has 1 N–H and O–H groups in total. The highest BCUT2D eigenvalue weighted by molar-refractivity contribution is 5.66. The minimum absolute atomic E-state index is 0.0416. The van der Waals surface area contributed by atoms with Crippen LogP contribution in [0.5, 0.6) is 0 Å². The zero-order chi connectivity index (χ0) is 14.7. The molecular formula is C16H23NO3. The van der Waals surface area contributed by atoms with E-state index in [1.54, 1.807) is 0 Å². The second-order valence-electron chi connectivity index (χ2n) is 5.67. The smallest absolute Gasteiger partial charge is 0.304 e. The number of aliphatic carboxylic acids is 1. The van der Waals surface area contributed by atoms with Gasteiger partial charge in [-0.1, -0.05) is 23.8 Å². The van der Waals surface area contributed by atoms with Gasteiger partial charge in [-0.3, -0.25) is 9.69 Å². The van der Waals surface area contributed by atoms with Crippen LogP contribution in [-0.2, 0) is 9.53 Å². The van der Waals surface area contributed by atoms with Crippen molar-refractivity contribution in [3.05, 3.63) is 34.9 Å². The molecule has 0 spiro atoms. The van der Waals surface area contributed by atoms with Crippen LogP contribution in [0.3, 0.4) is 0 Å². The van der Waals surface area contributed by atoms with E-state index in [-0.39, 0.29) is 18.6 Å². The van der Waals surface area contributed by atoms with Gasteiger partial charge in [-0.05, 0) is 31.9 Å². The Labute approximate surface area is 120 Å². The Hall–Kier alpha value is -1.39. The van der Waals surface area contributed by atoms with Crippen LogP contribution in [0.1, 0.15) is 36.1 Å². The third-order valence-electron chi connectivity index (χ3n) is 3.96. The fourth-order valence-corrected chi connectivity index (χ4v) is 2.65. The maximum Gasteiger partial charge on any atom is 0.304 e. The third-order valence-corrected chi connectivity index (χ3v) is 3.96. The lowest BCUT2D eigenvalue weighted by molar-refractivity contribution is -0.138. The molecule has 4 nitrogen and oxygen atoms in total. The molecular weight excluding hydrogens is 254 g/mol. The number of hydrogen-bond donors (Lipinski definition) is 1. The number of carboxylic acids is 1. The van der Waals surface area contributed by atoms with E-state index in [1.807, 2.05) is 0 Å². The monoisotopic (exact) mass is 277 g/mol. The van der Waals surface area contributed by atoms with E-state index in [0.717, 1.165) is 6.54 Å². The summed E-state index contributed by atoms with van der Waals surface area (Å²) in [6.45, 7) is 8.26. The van der Waals surface area contributed by atoms with Crippen molar-refractivity contribution in [3.63, 3.8) is 0 Å². The standard InChI is InChI=1S/C16H23NO3/c1-11-4-5-12(2)14(8-11)15-9-17(7-6-16(18)19)13(3)10-20-15/h4-5,8,13,15H,6-7,9-10H2,1-3H3,(H,18,19)/t13-,15+/m1/s1. The molecule has 20 heavy (non-hydrogen) atoms. The maximum absolute atomic E-state index is 10.7. The van der Waals surface area contributed by atoms with Gasteiger partial charge in [0, 0.05) is 19.1 Å². The quantitative estimate of drug-likeness (QED) is 0.919. The Morgan fingerprint density at radius 1 is 1.45 bits per heavy atom. The highest BCUT2D eigenvalue weighted by Gasteiger charge is 2.28. The lowest BCUT2D eigenvalue weighted by Crippen LogP contribution is -2.45. The van der Waals surface area contributed by atoms with E-state index in [2.05, 4.69) is 43.9 Å². The average molecular weight is 277 g/mol. The molecule has 4 heteroatoms. The average Bonchev–Trinajstić information content (AvgIpc) is 2.40. The first-order chi connectivity index (χ1) is 9.47. The summed E-state index contributed by atoms with van der Waals surface area (Å²) in [4.78, 5) is 13.0. The van der Waals surface area contributed by atoms with E-state index in [4.69, 9.17) is 9.84 Å². The minimum atomic E-state index is -0.744. The van der Waals surface area contributed by atoms with E-state index in [0.29, 0.717) is 13.2 Å². The van der Waals surface area contributed by atoms with Gasteiger partial charge in [0.2, 0.25) is 0 Å². The summed E-state index contributed by atoms with van der Waals surface area (Å²) in [6.07, 6.45) is 0.226. The molecule has 1 heterocycles. The van der Waals surface area contributed by atoms with E-state index >= 15 is 0 Å². The first-order valence-corrected chi connectivity index (χ1v) is 7.12. The molecule has 1 aliphatic heterocycles. The van der Waals surface area contributed by atoms with Crippen molar-refractivity contribution in [3.8, 4) is 0 Å². The minimum Gasteiger partial charge on any atom is -0.481 e. The number of aryl methyl sites for hydroxylation is 2. The molecule has 0 amide bonds. The highest BCUT2D eigenvalue weighted by Crippen LogP contribution is 2.28. The summed E-state index contributed by atoms with van der Waals surface area (Å²) >= 11 is 0. The van der Waals surface area contributed by atoms with Gasteiger partial charge in [0.25, 0.3) is 0 Å². The molecule has 1 saturated heterocycles. The van der Waals surface area contributed by atoms with Gasteiger partial charge in [-0.2, -0.15) is 0 Å². The molecule has 1 aromatic rings. The van der Waals surface area contributed by atoms with E-state index in [9.17, 15) is 4.79 Å². The van der Waals surface area contributed by atoms with Crippen molar-refractivity contribution in [1.82, 2.24) is 4.90 Å². The Kier molecular flexibility index (Phi) is 4.78. The van der Waals surface area contributed by atoms with Gasteiger partial charge < -0.3 is 9.84 Å². The van der Waals surface area contributed by atoms with Crippen LogP contribution in [0.4, 0.5) is 0 Å². The van der Waals surface area contributed by atoms with Crippen LogP contribution in [0.2, 0.25) is 0 Å². The predicted molar refractivity (Wildman–Crippen MR) is 77.9 cm³/mol. The van der Waals surface area contributed by atoms with Crippen LogP contribution < -0.4 is 0 Å². The zero-order valence-corrected chi connectivity index (χ0v) is 12.4. The van der Waals surface area contributed by atoms with Gasteiger partial charge in [-0.15, -0.1) is 0 Å². The number of ether oxygens (including phenoxy) is 1. The van der Waals surface area contributed by atoms with Crippen LogP contribution >= 0.6 is 0 Å². The van der Waals surface area contributed by atoms with Gasteiger partial charge >= 0.3 is 5.97 Å². The van der Waals surface area contributed by atoms with Gasteiger partial charge in [-0.25, -0.2) is 0 Å². The van der Waals surface area contributed by atoms with Gasteiger partial charge in [0.05, 0.1) is 19.1 Å². The van der Waals surface area contributed by atoms with Crippen LogP contribution in [0.25, 0.3) is 0 Å². The molecule has 110 valence electrons. The number of carbonyl (C=O) groups is 1. The number of hydrogen-bond acceptors (Lipinski definition) is 3. The van der Waals surface area contributed by atoms with Gasteiger partial charge in [0.15, 0.2) is 0 Å². The molecule has 0 aromatic heterocycles. The summed E-state index contributed by atoms with van der Waals surface area (Å²) in [5.41, 5.74) is 3.68. The largest absolute Gasteiger partial charge is 0.481 e. The normalized spacial score (nSPS) is 23.8. The summed E-state index contributed by atoms with van der Waals surface area (Å²) in [5, 5.41) is 8.84.